The number of hydrogen-bond donors (Lipinski definition) is 2. The van der Waals surface area contributed by atoms with Gasteiger partial charge in [-0.2, -0.15) is 0 Å². The van der Waals surface area contributed by atoms with Crippen LogP contribution >= 0.6 is 0 Å². The molecule has 0 unspecified atom stereocenters. The molecule has 2 rings (SSSR count). The number of aliphatic carboxylic acids is 1. The van der Waals surface area contributed by atoms with Crippen LogP contribution in [0.1, 0.15) is 40.1 Å². The Morgan fingerprint density at radius 1 is 1.00 bits per heavy atom. The molecule has 0 aliphatic heterocycles. The molecule has 0 saturated heterocycles. The summed E-state index contributed by atoms with van der Waals surface area (Å²) in [6.07, 6.45) is 4.63. The number of benzene rings is 2. The molecule has 0 spiro atoms. The predicted molar refractivity (Wildman–Crippen MR) is 111 cm³/mol. The molecule has 0 bridgehead atoms. The number of carbonyl (C=O) groups excluding carboxylic acids is 1. The summed E-state index contributed by atoms with van der Waals surface area (Å²) in [6, 6.07) is 10.7. The minimum Gasteiger partial charge on any atom is -0.489 e. The van der Waals surface area contributed by atoms with Crippen molar-refractivity contribution in [1.82, 2.24) is 0 Å². The quantitative estimate of drug-likeness (QED) is 0.345. The van der Waals surface area contributed by atoms with E-state index in [9.17, 15) is 14.4 Å². The van der Waals surface area contributed by atoms with Gasteiger partial charge in [-0.05, 0) is 55.8 Å². The lowest BCUT2D eigenvalue weighted by atomic mass is 10.1. The molecular weight excluding hydrogens is 388 g/mol. The fourth-order valence-corrected chi connectivity index (χ4v) is 2.40. The second kappa shape index (κ2) is 10.6. The number of ketones is 1. The summed E-state index contributed by atoms with van der Waals surface area (Å²) in [7, 11) is 0. The van der Waals surface area contributed by atoms with Crippen molar-refractivity contribution in [3.63, 3.8) is 0 Å². The minimum atomic E-state index is -1.18. The molecule has 7 nitrogen and oxygen atoms in total. The molecule has 0 fully saturated rings. The maximum absolute atomic E-state index is 12.6. The summed E-state index contributed by atoms with van der Waals surface area (Å²) in [5.41, 5.74) is 1.89. The first-order valence-electron chi connectivity index (χ1n) is 9.07. The van der Waals surface area contributed by atoms with Gasteiger partial charge in [0, 0.05) is 6.07 Å². The summed E-state index contributed by atoms with van der Waals surface area (Å²) in [5.74, 6) is -2.15. The van der Waals surface area contributed by atoms with Crippen molar-refractivity contribution < 1.29 is 34.1 Å². The van der Waals surface area contributed by atoms with Gasteiger partial charge in [0.25, 0.3) is 0 Å². The number of rotatable bonds is 10. The van der Waals surface area contributed by atoms with E-state index in [1.165, 1.54) is 36.4 Å². The number of aromatic carboxylic acids is 1. The zero-order valence-electron chi connectivity index (χ0n) is 16.6. The molecule has 0 heterocycles. The zero-order chi connectivity index (χ0) is 22.1. The highest BCUT2D eigenvalue weighted by molar-refractivity contribution is 6.08. The third kappa shape index (κ3) is 6.94. The van der Waals surface area contributed by atoms with Crippen molar-refractivity contribution in [3.8, 4) is 11.5 Å². The Hall–Kier alpha value is -3.87. The molecule has 0 amide bonds. The van der Waals surface area contributed by atoms with Gasteiger partial charge in [-0.25, -0.2) is 9.59 Å². The van der Waals surface area contributed by atoms with Crippen LogP contribution in [-0.4, -0.2) is 41.1 Å². The number of carboxylic acid groups (broad SMARTS) is 2. The highest BCUT2D eigenvalue weighted by Gasteiger charge is 2.13. The van der Waals surface area contributed by atoms with E-state index in [1.807, 2.05) is 19.9 Å². The number of allylic oxidation sites excluding steroid dienone is 2. The van der Waals surface area contributed by atoms with Gasteiger partial charge in [0.1, 0.15) is 18.1 Å². The monoisotopic (exact) mass is 410 g/mol. The fraction of sp³-hybridized carbons (Fsp3) is 0.174. The van der Waals surface area contributed by atoms with Gasteiger partial charge in [-0.3, -0.25) is 4.79 Å². The Kier molecular flexibility index (Phi) is 7.93. The smallest absolute Gasteiger partial charge is 0.341 e. The predicted octanol–water partition coefficient (Wildman–Crippen LogP) is 4.09. The molecule has 2 N–H and O–H groups in total. The van der Waals surface area contributed by atoms with Crippen LogP contribution in [0.3, 0.4) is 0 Å². The lowest BCUT2D eigenvalue weighted by Gasteiger charge is -2.11. The third-order valence-corrected chi connectivity index (χ3v) is 3.87. The SMILES string of the molecule is CC(C)=CCOc1ccc(C(=O)/C=C/c2cccc(C(=O)O)c2)c(OCC(=O)O)c1. The Morgan fingerprint density at radius 3 is 2.43 bits per heavy atom. The van der Waals surface area contributed by atoms with Gasteiger partial charge in [-0.1, -0.05) is 23.8 Å². The topological polar surface area (TPSA) is 110 Å². The first-order valence-corrected chi connectivity index (χ1v) is 9.07. The maximum Gasteiger partial charge on any atom is 0.341 e. The van der Waals surface area contributed by atoms with Crippen LogP contribution in [-0.2, 0) is 4.79 Å². The van der Waals surface area contributed by atoms with Crippen molar-refractivity contribution in [1.29, 1.82) is 0 Å². The summed E-state index contributed by atoms with van der Waals surface area (Å²) < 4.78 is 10.8. The van der Waals surface area contributed by atoms with E-state index in [4.69, 9.17) is 19.7 Å². The van der Waals surface area contributed by atoms with Gasteiger partial charge in [-0.15, -0.1) is 0 Å². The van der Waals surface area contributed by atoms with Gasteiger partial charge in [0.2, 0.25) is 0 Å². The molecule has 30 heavy (non-hydrogen) atoms. The van der Waals surface area contributed by atoms with E-state index in [0.717, 1.165) is 5.57 Å². The molecule has 2 aromatic rings. The second-order valence-electron chi connectivity index (χ2n) is 6.56. The van der Waals surface area contributed by atoms with Crippen LogP contribution in [0, 0.1) is 0 Å². The zero-order valence-corrected chi connectivity index (χ0v) is 16.6. The van der Waals surface area contributed by atoms with Gasteiger partial charge >= 0.3 is 11.9 Å². The van der Waals surface area contributed by atoms with Crippen LogP contribution in [0.5, 0.6) is 11.5 Å². The first kappa shape index (κ1) is 22.4. The largest absolute Gasteiger partial charge is 0.489 e. The van der Waals surface area contributed by atoms with E-state index in [1.54, 1.807) is 18.2 Å². The molecule has 0 atom stereocenters. The molecular formula is C23H22O7. The molecule has 0 aliphatic rings. The van der Waals surface area contributed by atoms with E-state index < -0.39 is 24.3 Å². The average molecular weight is 410 g/mol. The van der Waals surface area contributed by atoms with Crippen molar-refractivity contribution in [2.75, 3.05) is 13.2 Å². The van der Waals surface area contributed by atoms with E-state index >= 15 is 0 Å². The number of hydrogen-bond acceptors (Lipinski definition) is 5. The Morgan fingerprint density at radius 2 is 1.77 bits per heavy atom. The summed E-state index contributed by atoms with van der Waals surface area (Å²) in [5, 5.41) is 17.9. The van der Waals surface area contributed by atoms with Crippen molar-refractivity contribution in [2.24, 2.45) is 0 Å². The standard InChI is InChI=1S/C23H22O7/c1-15(2)10-11-29-18-7-8-19(21(13-18)30-14-22(25)26)20(24)9-6-16-4-3-5-17(12-16)23(27)28/h3-10,12-13H,11,14H2,1-2H3,(H,25,26)(H,27,28)/b9-6+. The Bertz CT molecular complexity index is 998. The molecule has 0 aromatic heterocycles. The third-order valence-electron chi connectivity index (χ3n) is 3.87. The summed E-state index contributed by atoms with van der Waals surface area (Å²) >= 11 is 0. The van der Waals surface area contributed by atoms with Crippen molar-refractivity contribution in [3.05, 3.63) is 76.9 Å². The normalized spacial score (nSPS) is 10.5. The molecule has 156 valence electrons. The molecule has 0 aliphatic carbocycles. The van der Waals surface area contributed by atoms with Crippen LogP contribution in [0.15, 0.2) is 60.2 Å². The highest BCUT2D eigenvalue weighted by Crippen LogP contribution is 2.26. The van der Waals surface area contributed by atoms with E-state index in [-0.39, 0.29) is 16.9 Å². The van der Waals surface area contributed by atoms with E-state index in [2.05, 4.69) is 0 Å². The first-order chi connectivity index (χ1) is 14.3. The number of carboxylic acids is 2. The number of carbonyl (C=O) groups is 3. The highest BCUT2D eigenvalue weighted by atomic mass is 16.5. The van der Waals surface area contributed by atoms with Gasteiger partial charge in [0.05, 0.1) is 11.1 Å². The summed E-state index contributed by atoms with van der Waals surface area (Å²) in [4.78, 5) is 34.6. The molecule has 7 heteroatoms. The molecule has 2 aromatic carbocycles. The molecule has 0 saturated carbocycles. The van der Waals surface area contributed by atoms with Gasteiger partial charge in [0.15, 0.2) is 12.4 Å². The second-order valence-corrected chi connectivity index (χ2v) is 6.56. The van der Waals surface area contributed by atoms with Crippen LogP contribution in [0.4, 0.5) is 0 Å². The Balaban J connectivity index is 2.25. The maximum atomic E-state index is 12.6. The Labute approximate surface area is 173 Å². The molecule has 0 radical (unpaired) electrons. The lowest BCUT2D eigenvalue weighted by Crippen LogP contribution is -2.12. The van der Waals surface area contributed by atoms with E-state index in [0.29, 0.717) is 17.9 Å². The minimum absolute atomic E-state index is 0.0843. The number of ether oxygens (including phenoxy) is 2. The lowest BCUT2D eigenvalue weighted by molar-refractivity contribution is -0.139. The van der Waals surface area contributed by atoms with Crippen molar-refractivity contribution in [2.45, 2.75) is 13.8 Å². The van der Waals surface area contributed by atoms with Crippen LogP contribution in [0.25, 0.3) is 6.08 Å². The van der Waals surface area contributed by atoms with Crippen molar-refractivity contribution >= 4 is 23.8 Å². The van der Waals surface area contributed by atoms with Crippen LogP contribution < -0.4 is 9.47 Å². The average Bonchev–Trinajstić information content (AvgIpc) is 2.70. The van der Waals surface area contributed by atoms with Gasteiger partial charge < -0.3 is 19.7 Å². The summed E-state index contributed by atoms with van der Waals surface area (Å²) in [6.45, 7) is 3.59. The van der Waals surface area contributed by atoms with Crippen LogP contribution in [0.2, 0.25) is 0 Å². The fourth-order valence-electron chi connectivity index (χ4n) is 2.40.